The molecular formula is C21H26ClN3O3S. The quantitative estimate of drug-likeness (QED) is 0.655. The molecule has 1 aliphatic rings. The Kier molecular flexibility index (Phi) is 6.31. The number of carbonyl (C=O) groups excluding carboxylic acids is 1. The Hall–Kier alpha value is -1.96. The average molecular weight is 436 g/mol. The fourth-order valence-electron chi connectivity index (χ4n) is 3.19. The van der Waals surface area contributed by atoms with E-state index >= 15 is 0 Å². The molecule has 0 bridgehead atoms. The lowest BCUT2D eigenvalue weighted by molar-refractivity contribution is 0.0670. The van der Waals surface area contributed by atoms with Gasteiger partial charge in [-0.1, -0.05) is 17.7 Å². The van der Waals surface area contributed by atoms with Gasteiger partial charge in [0.1, 0.15) is 0 Å². The zero-order chi connectivity index (χ0) is 21.3. The number of hydrogen-bond acceptors (Lipinski definition) is 4. The molecule has 1 fully saturated rings. The predicted octanol–water partition coefficient (Wildman–Crippen LogP) is 4.13. The Morgan fingerprint density at radius 2 is 1.86 bits per heavy atom. The molecule has 1 saturated carbocycles. The highest BCUT2D eigenvalue weighted by atomic mass is 35.5. The predicted molar refractivity (Wildman–Crippen MR) is 113 cm³/mol. The topological polar surface area (TPSA) is 70.6 Å². The first-order valence-electron chi connectivity index (χ1n) is 9.65. The van der Waals surface area contributed by atoms with E-state index in [9.17, 15) is 13.2 Å². The van der Waals surface area contributed by atoms with Gasteiger partial charge in [-0.2, -0.15) is 4.31 Å². The third kappa shape index (κ3) is 4.47. The van der Waals surface area contributed by atoms with Gasteiger partial charge in [0.25, 0.3) is 5.91 Å². The maximum absolute atomic E-state index is 13.5. The van der Waals surface area contributed by atoms with Crippen LogP contribution >= 0.6 is 11.6 Å². The Morgan fingerprint density at radius 1 is 1.17 bits per heavy atom. The molecule has 0 spiro atoms. The lowest BCUT2D eigenvalue weighted by atomic mass is 10.1. The molecular weight excluding hydrogens is 410 g/mol. The second-order valence-electron chi connectivity index (χ2n) is 7.63. The highest BCUT2D eigenvalue weighted by Gasteiger charge is 2.38. The van der Waals surface area contributed by atoms with Gasteiger partial charge < -0.3 is 4.90 Å². The first kappa shape index (κ1) is 21.7. The van der Waals surface area contributed by atoms with Gasteiger partial charge in [-0.05, 0) is 63.9 Å². The van der Waals surface area contributed by atoms with Crippen molar-refractivity contribution in [2.24, 2.45) is 0 Å². The van der Waals surface area contributed by atoms with Crippen LogP contribution in [0, 0.1) is 0 Å². The van der Waals surface area contributed by atoms with E-state index < -0.39 is 10.0 Å². The summed E-state index contributed by atoms with van der Waals surface area (Å²) < 4.78 is 27.0. The van der Waals surface area contributed by atoms with Crippen LogP contribution in [-0.4, -0.2) is 47.6 Å². The first-order chi connectivity index (χ1) is 13.6. The van der Waals surface area contributed by atoms with Crippen molar-refractivity contribution in [1.82, 2.24) is 14.2 Å². The third-order valence-electron chi connectivity index (χ3n) is 5.28. The van der Waals surface area contributed by atoms with Crippen molar-refractivity contribution >= 4 is 27.5 Å². The van der Waals surface area contributed by atoms with E-state index in [0.29, 0.717) is 0 Å². The number of rotatable bonds is 7. The van der Waals surface area contributed by atoms with Crippen molar-refractivity contribution in [2.75, 3.05) is 7.05 Å². The maximum atomic E-state index is 13.5. The van der Waals surface area contributed by atoms with Crippen LogP contribution in [0.3, 0.4) is 0 Å². The number of benzene rings is 1. The molecule has 8 heteroatoms. The largest absolute Gasteiger partial charge is 0.327 e. The average Bonchev–Trinajstić information content (AvgIpc) is 3.53. The van der Waals surface area contributed by atoms with E-state index in [1.54, 1.807) is 24.9 Å². The molecule has 0 aliphatic heterocycles. The zero-order valence-corrected chi connectivity index (χ0v) is 18.6. The SMILES string of the molecule is CC(c1ccccn1)N(C(=O)c1cc(S(=O)(=O)N(C)C(C)C)ccc1Cl)C1CC1. The summed E-state index contributed by atoms with van der Waals surface area (Å²) in [7, 11) is -2.20. The summed E-state index contributed by atoms with van der Waals surface area (Å²) in [6.45, 7) is 5.52. The van der Waals surface area contributed by atoms with Gasteiger partial charge >= 0.3 is 0 Å². The minimum atomic E-state index is -3.72. The summed E-state index contributed by atoms with van der Waals surface area (Å²) in [5.41, 5.74) is 0.978. The van der Waals surface area contributed by atoms with Gasteiger partial charge in [0.15, 0.2) is 0 Å². The molecule has 156 valence electrons. The molecule has 29 heavy (non-hydrogen) atoms. The van der Waals surface area contributed by atoms with Crippen LogP contribution < -0.4 is 0 Å². The van der Waals surface area contributed by atoms with Crippen LogP contribution in [0.1, 0.15) is 55.7 Å². The van der Waals surface area contributed by atoms with Crippen molar-refractivity contribution in [3.05, 3.63) is 58.9 Å². The second kappa shape index (κ2) is 8.42. The van der Waals surface area contributed by atoms with Gasteiger partial charge in [0, 0.05) is 25.3 Å². The molecule has 0 radical (unpaired) electrons. The monoisotopic (exact) mass is 435 g/mol. The summed E-state index contributed by atoms with van der Waals surface area (Å²) in [6.07, 6.45) is 3.52. The Morgan fingerprint density at radius 3 is 2.41 bits per heavy atom. The fourth-order valence-corrected chi connectivity index (χ4v) is 4.78. The van der Waals surface area contributed by atoms with Gasteiger partial charge in [-0.3, -0.25) is 9.78 Å². The van der Waals surface area contributed by atoms with Crippen molar-refractivity contribution in [1.29, 1.82) is 0 Å². The highest BCUT2D eigenvalue weighted by molar-refractivity contribution is 7.89. The molecule has 0 N–H and O–H groups in total. The van der Waals surface area contributed by atoms with Crippen LogP contribution in [0.5, 0.6) is 0 Å². The fraction of sp³-hybridized carbons (Fsp3) is 0.429. The Labute approximate surface area is 177 Å². The van der Waals surface area contributed by atoms with Gasteiger partial charge in [-0.25, -0.2) is 8.42 Å². The minimum Gasteiger partial charge on any atom is -0.327 e. The molecule has 1 unspecified atom stereocenters. The summed E-state index contributed by atoms with van der Waals surface area (Å²) in [5.74, 6) is -0.278. The van der Waals surface area contributed by atoms with E-state index in [1.807, 2.05) is 25.1 Å². The molecule has 3 rings (SSSR count). The van der Waals surface area contributed by atoms with Crippen LogP contribution in [0.15, 0.2) is 47.5 Å². The van der Waals surface area contributed by atoms with E-state index in [2.05, 4.69) is 4.98 Å². The molecule has 1 amide bonds. The molecule has 1 aromatic carbocycles. The van der Waals surface area contributed by atoms with E-state index in [4.69, 9.17) is 11.6 Å². The van der Waals surface area contributed by atoms with Crippen molar-refractivity contribution in [2.45, 2.75) is 56.6 Å². The van der Waals surface area contributed by atoms with Gasteiger partial charge in [0.05, 0.1) is 27.2 Å². The number of halogens is 1. The maximum Gasteiger partial charge on any atom is 0.256 e. The Bertz CT molecular complexity index is 991. The number of pyridine rings is 1. The van der Waals surface area contributed by atoms with Crippen LogP contribution in [-0.2, 0) is 10.0 Å². The van der Waals surface area contributed by atoms with E-state index in [-0.39, 0.29) is 39.5 Å². The third-order valence-corrected chi connectivity index (χ3v) is 7.64. The van der Waals surface area contributed by atoms with Crippen molar-refractivity contribution in [3.8, 4) is 0 Å². The summed E-state index contributed by atoms with van der Waals surface area (Å²) >= 11 is 6.33. The molecule has 1 heterocycles. The number of carbonyl (C=O) groups is 1. The van der Waals surface area contributed by atoms with Crippen LogP contribution in [0.2, 0.25) is 5.02 Å². The lowest BCUT2D eigenvalue weighted by Crippen LogP contribution is -2.36. The molecule has 1 aliphatic carbocycles. The number of amides is 1. The summed E-state index contributed by atoms with van der Waals surface area (Å²) in [6, 6.07) is 9.56. The summed E-state index contributed by atoms with van der Waals surface area (Å²) in [5, 5.41) is 0.236. The Balaban J connectivity index is 1.99. The van der Waals surface area contributed by atoms with Gasteiger partial charge in [0.2, 0.25) is 10.0 Å². The van der Waals surface area contributed by atoms with E-state index in [1.165, 1.54) is 29.6 Å². The second-order valence-corrected chi connectivity index (χ2v) is 10.0. The number of nitrogens with zero attached hydrogens (tertiary/aromatic N) is 3. The smallest absolute Gasteiger partial charge is 0.256 e. The molecule has 0 saturated heterocycles. The van der Waals surface area contributed by atoms with Crippen molar-refractivity contribution < 1.29 is 13.2 Å². The zero-order valence-electron chi connectivity index (χ0n) is 17.0. The lowest BCUT2D eigenvalue weighted by Gasteiger charge is -2.29. The first-order valence-corrected chi connectivity index (χ1v) is 11.5. The van der Waals surface area contributed by atoms with Gasteiger partial charge in [-0.15, -0.1) is 0 Å². The normalized spacial score (nSPS) is 15.6. The van der Waals surface area contributed by atoms with Crippen LogP contribution in [0.25, 0.3) is 0 Å². The molecule has 1 atom stereocenters. The van der Waals surface area contributed by atoms with Crippen molar-refractivity contribution in [3.63, 3.8) is 0 Å². The minimum absolute atomic E-state index is 0.0580. The van der Waals surface area contributed by atoms with Crippen LogP contribution in [0.4, 0.5) is 0 Å². The number of aromatic nitrogens is 1. The number of hydrogen-bond donors (Lipinski definition) is 0. The van der Waals surface area contributed by atoms with E-state index in [0.717, 1.165) is 18.5 Å². The molecule has 2 aromatic rings. The standard InChI is InChI=1S/C21H26ClN3O3S/c1-14(2)24(4)29(27,28)17-10-11-19(22)18(13-17)21(26)25(16-8-9-16)15(3)20-7-5-6-12-23-20/h5-7,10-16H,8-9H2,1-4H3. The highest BCUT2D eigenvalue weighted by Crippen LogP contribution is 2.36. The molecule has 1 aromatic heterocycles. The molecule has 6 nitrogen and oxygen atoms in total. The number of sulfonamides is 1. The summed E-state index contributed by atoms with van der Waals surface area (Å²) in [4.78, 5) is 19.7.